The van der Waals surface area contributed by atoms with E-state index < -0.39 is 17.4 Å². The lowest BCUT2D eigenvalue weighted by molar-refractivity contribution is -0.163. The Bertz CT molecular complexity index is 232. The summed E-state index contributed by atoms with van der Waals surface area (Å²) in [5.41, 5.74) is -1.56. The van der Waals surface area contributed by atoms with Gasteiger partial charge in [-0.15, -0.1) is 0 Å². The Morgan fingerprint density at radius 2 is 2.08 bits per heavy atom. The van der Waals surface area contributed by atoms with Crippen LogP contribution in [0.2, 0.25) is 0 Å². The van der Waals surface area contributed by atoms with Gasteiger partial charge in [0.05, 0.1) is 6.61 Å². The molecule has 0 saturated heterocycles. The fourth-order valence-corrected chi connectivity index (χ4v) is 0.841. The topological polar surface area (TPSA) is 63.6 Å². The number of aliphatic carboxylic acids is 1. The predicted octanol–water partition coefficient (Wildman–Crippen LogP) is 1.22. The summed E-state index contributed by atoms with van der Waals surface area (Å²) in [6, 6.07) is 0. The van der Waals surface area contributed by atoms with Gasteiger partial charge >= 0.3 is 11.9 Å². The van der Waals surface area contributed by atoms with Crippen molar-refractivity contribution in [3.05, 3.63) is 12.2 Å². The lowest BCUT2D eigenvalue weighted by Gasteiger charge is -2.17. The number of carboxylic acid groups (broad SMARTS) is 1. The highest BCUT2D eigenvalue weighted by Crippen LogP contribution is 2.20. The number of allylic oxidation sites excluding steroid dienone is 1. The molecule has 4 heteroatoms. The highest BCUT2D eigenvalue weighted by atomic mass is 16.5. The van der Waals surface area contributed by atoms with E-state index in [4.69, 9.17) is 5.11 Å². The molecule has 0 amide bonds. The first kappa shape index (κ1) is 11.7. The minimum Gasteiger partial charge on any atom is -0.480 e. The van der Waals surface area contributed by atoms with Crippen LogP contribution in [0.4, 0.5) is 0 Å². The van der Waals surface area contributed by atoms with E-state index in [-0.39, 0.29) is 6.61 Å². The van der Waals surface area contributed by atoms with E-state index in [9.17, 15) is 9.59 Å². The molecule has 1 unspecified atom stereocenters. The van der Waals surface area contributed by atoms with Crippen molar-refractivity contribution < 1.29 is 19.4 Å². The van der Waals surface area contributed by atoms with Gasteiger partial charge in [-0.2, -0.15) is 0 Å². The summed E-state index contributed by atoms with van der Waals surface area (Å²) in [5, 5.41) is 8.81. The minimum absolute atomic E-state index is 0.180. The second-order valence-electron chi connectivity index (χ2n) is 2.73. The summed E-state index contributed by atoms with van der Waals surface area (Å²) in [4.78, 5) is 22.0. The summed E-state index contributed by atoms with van der Waals surface area (Å²) in [7, 11) is 0. The molecule has 74 valence electrons. The van der Waals surface area contributed by atoms with Crippen molar-refractivity contribution in [1.29, 1.82) is 0 Å². The second-order valence-corrected chi connectivity index (χ2v) is 2.73. The summed E-state index contributed by atoms with van der Waals surface area (Å²) in [5.74, 6) is -1.94. The highest BCUT2D eigenvalue weighted by molar-refractivity contribution is 6.00. The third kappa shape index (κ3) is 2.57. The lowest BCUT2D eigenvalue weighted by atomic mass is 9.90. The summed E-state index contributed by atoms with van der Waals surface area (Å²) < 4.78 is 4.65. The van der Waals surface area contributed by atoms with Gasteiger partial charge in [0, 0.05) is 0 Å². The van der Waals surface area contributed by atoms with Gasteiger partial charge < -0.3 is 9.84 Å². The molecular formula is C9H14O4. The molecule has 0 aliphatic heterocycles. The van der Waals surface area contributed by atoms with Crippen LogP contribution in [-0.4, -0.2) is 23.7 Å². The normalized spacial score (nSPS) is 15.3. The molecule has 0 rings (SSSR count). The van der Waals surface area contributed by atoms with E-state index in [2.05, 4.69) is 4.74 Å². The molecule has 0 aliphatic rings. The van der Waals surface area contributed by atoms with Gasteiger partial charge in [-0.1, -0.05) is 12.2 Å². The smallest absolute Gasteiger partial charge is 0.327 e. The van der Waals surface area contributed by atoms with Gasteiger partial charge in [0.1, 0.15) is 0 Å². The zero-order valence-electron chi connectivity index (χ0n) is 8.03. The zero-order valence-corrected chi connectivity index (χ0v) is 8.03. The number of esters is 1. The zero-order chi connectivity index (χ0) is 10.5. The fraction of sp³-hybridized carbons (Fsp3) is 0.556. The maximum Gasteiger partial charge on any atom is 0.327 e. The summed E-state index contributed by atoms with van der Waals surface area (Å²) >= 11 is 0. The highest BCUT2D eigenvalue weighted by Gasteiger charge is 2.40. The quantitative estimate of drug-likeness (QED) is 0.407. The Balaban J connectivity index is 4.78. The second kappa shape index (κ2) is 4.64. The largest absolute Gasteiger partial charge is 0.480 e. The molecule has 0 aromatic carbocycles. The van der Waals surface area contributed by atoms with Crippen molar-refractivity contribution in [2.45, 2.75) is 20.8 Å². The van der Waals surface area contributed by atoms with Gasteiger partial charge in [0.25, 0.3) is 0 Å². The number of rotatable bonds is 4. The van der Waals surface area contributed by atoms with Crippen molar-refractivity contribution in [3.8, 4) is 0 Å². The molecule has 0 aliphatic carbocycles. The van der Waals surface area contributed by atoms with Crippen LogP contribution in [-0.2, 0) is 14.3 Å². The molecule has 0 heterocycles. The maximum absolute atomic E-state index is 11.2. The summed E-state index contributed by atoms with van der Waals surface area (Å²) in [6.45, 7) is 4.78. The van der Waals surface area contributed by atoms with Crippen LogP contribution in [0.5, 0.6) is 0 Å². The maximum atomic E-state index is 11.2. The van der Waals surface area contributed by atoms with Crippen LogP contribution >= 0.6 is 0 Å². The first-order valence-corrected chi connectivity index (χ1v) is 4.03. The molecule has 0 aromatic rings. The molecule has 4 nitrogen and oxygen atoms in total. The number of carbonyl (C=O) groups excluding carboxylic acids is 1. The molecule has 0 radical (unpaired) electrons. The van der Waals surface area contributed by atoms with Crippen LogP contribution in [0.1, 0.15) is 20.8 Å². The van der Waals surface area contributed by atoms with Crippen molar-refractivity contribution in [1.82, 2.24) is 0 Å². The van der Waals surface area contributed by atoms with Crippen molar-refractivity contribution in [2.75, 3.05) is 6.61 Å². The van der Waals surface area contributed by atoms with E-state index >= 15 is 0 Å². The number of ether oxygens (including phenoxy) is 1. The van der Waals surface area contributed by atoms with Gasteiger partial charge in [0.2, 0.25) is 0 Å². The standard InChI is InChI=1S/C9H14O4/c1-4-6-9(3,7(10)11)8(12)13-5-2/h4,6H,5H2,1-3H3,(H,10,11). The molecule has 0 saturated carbocycles. The van der Waals surface area contributed by atoms with Gasteiger partial charge in [-0.3, -0.25) is 9.59 Å². The summed E-state index contributed by atoms with van der Waals surface area (Å²) in [6.07, 6.45) is 2.83. The molecular weight excluding hydrogens is 172 g/mol. The van der Waals surface area contributed by atoms with E-state index in [1.807, 2.05) is 0 Å². The van der Waals surface area contributed by atoms with E-state index in [1.54, 1.807) is 13.8 Å². The van der Waals surface area contributed by atoms with E-state index in [0.29, 0.717) is 0 Å². The number of hydrogen-bond donors (Lipinski definition) is 1. The van der Waals surface area contributed by atoms with Crippen molar-refractivity contribution in [3.63, 3.8) is 0 Å². The molecule has 1 N–H and O–H groups in total. The molecule has 0 fully saturated rings. The average molecular weight is 186 g/mol. The van der Waals surface area contributed by atoms with Gasteiger partial charge in [-0.05, 0) is 20.8 Å². The molecule has 0 bridgehead atoms. The van der Waals surface area contributed by atoms with Crippen LogP contribution in [0, 0.1) is 5.41 Å². The number of carboxylic acids is 1. The van der Waals surface area contributed by atoms with E-state index in [0.717, 1.165) is 0 Å². The Morgan fingerprint density at radius 3 is 2.38 bits per heavy atom. The Kier molecular flexibility index (Phi) is 4.17. The fourth-order valence-electron chi connectivity index (χ4n) is 0.841. The predicted molar refractivity (Wildman–Crippen MR) is 47.2 cm³/mol. The monoisotopic (exact) mass is 186 g/mol. The Labute approximate surface area is 77.2 Å². The minimum atomic E-state index is -1.56. The average Bonchev–Trinajstić information content (AvgIpc) is 2.04. The van der Waals surface area contributed by atoms with Crippen LogP contribution in [0.15, 0.2) is 12.2 Å². The molecule has 1 atom stereocenters. The first-order valence-electron chi connectivity index (χ1n) is 4.03. The Hall–Kier alpha value is -1.32. The lowest BCUT2D eigenvalue weighted by Crippen LogP contribution is -2.36. The Morgan fingerprint density at radius 1 is 1.54 bits per heavy atom. The van der Waals surface area contributed by atoms with Crippen LogP contribution in [0.3, 0.4) is 0 Å². The molecule has 0 aromatic heterocycles. The molecule has 0 spiro atoms. The third-order valence-corrected chi connectivity index (χ3v) is 1.64. The van der Waals surface area contributed by atoms with Crippen LogP contribution < -0.4 is 0 Å². The van der Waals surface area contributed by atoms with Crippen molar-refractivity contribution in [2.24, 2.45) is 5.41 Å². The molecule has 13 heavy (non-hydrogen) atoms. The van der Waals surface area contributed by atoms with Crippen molar-refractivity contribution >= 4 is 11.9 Å². The van der Waals surface area contributed by atoms with Crippen LogP contribution in [0.25, 0.3) is 0 Å². The van der Waals surface area contributed by atoms with Gasteiger partial charge in [0.15, 0.2) is 5.41 Å². The number of hydrogen-bond acceptors (Lipinski definition) is 3. The number of carbonyl (C=O) groups is 2. The van der Waals surface area contributed by atoms with E-state index in [1.165, 1.54) is 19.1 Å². The first-order chi connectivity index (χ1) is 5.99. The SMILES string of the molecule is CC=CC(C)(C(=O)O)C(=O)OCC. The third-order valence-electron chi connectivity index (χ3n) is 1.64. The van der Waals surface area contributed by atoms with Gasteiger partial charge in [-0.25, -0.2) is 0 Å².